The monoisotopic (exact) mass is 406 g/mol. The molecule has 0 spiro atoms. The van der Waals surface area contributed by atoms with Crippen LogP contribution in [0.4, 0.5) is 5.69 Å². The normalized spacial score (nSPS) is 20.3. The maximum Gasteiger partial charge on any atom is 0.227 e. The second-order valence-corrected chi connectivity index (χ2v) is 8.92. The quantitative estimate of drug-likeness (QED) is 0.615. The highest BCUT2D eigenvalue weighted by atomic mass is 16.5. The summed E-state index contributed by atoms with van der Waals surface area (Å²) in [5.74, 6) is 2.16. The number of fused-ring (bicyclic) bond motifs is 1. The fourth-order valence-electron chi connectivity index (χ4n) is 4.91. The third-order valence-corrected chi connectivity index (χ3v) is 6.70. The number of piperidine rings is 1. The van der Waals surface area contributed by atoms with E-state index in [-0.39, 0.29) is 11.8 Å². The first-order chi connectivity index (χ1) is 14.6. The molecular weight excluding hydrogens is 372 g/mol. The average Bonchev–Trinajstić information content (AvgIpc) is 2.77. The minimum atomic E-state index is 0.183. The fraction of sp³-hybridized carbons (Fsp3) is 0.500. The maximum absolute atomic E-state index is 12.1. The smallest absolute Gasteiger partial charge is 0.227 e. The lowest BCUT2D eigenvalue weighted by atomic mass is 9.90. The van der Waals surface area contributed by atoms with Gasteiger partial charge in [0.05, 0.1) is 12.3 Å². The van der Waals surface area contributed by atoms with E-state index < -0.39 is 0 Å². The third-order valence-electron chi connectivity index (χ3n) is 6.70. The van der Waals surface area contributed by atoms with Crippen LogP contribution in [-0.2, 0) is 11.2 Å². The standard InChI is InChI=1S/C26H34N2O2/c1-20-18-25(29)27(2)23-10-6-11-24(26(20)23)30-17-7-14-28-15-12-22(13-16-28)19-21-8-4-3-5-9-21/h3-6,8-11,20,22H,7,12-19H2,1-2H3. The van der Waals surface area contributed by atoms with Gasteiger partial charge in [0.25, 0.3) is 0 Å². The van der Waals surface area contributed by atoms with Crippen LogP contribution in [0.1, 0.15) is 49.7 Å². The van der Waals surface area contributed by atoms with Crippen molar-refractivity contribution in [3.63, 3.8) is 0 Å². The Morgan fingerprint density at radius 3 is 2.57 bits per heavy atom. The van der Waals surface area contributed by atoms with Crippen molar-refractivity contribution in [3.05, 3.63) is 59.7 Å². The second-order valence-electron chi connectivity index (χ2n) is 8.92. The first-order valence-electron chi connectivity index (χ1n) is 11.4. The van der Waals surface area contributed by atoms with Crippen LogP contribution in [0.2, 0.25) is 0 Å². The lowest BCUT2D eigenvalue weighted by Gasteiger charge is -2.32. The maximum atomic E-state index is 12.1. The van der Waals surface area contributed by atoms with Gasteiger partial charge in [0.15, 0.2) is 0 Å². The van der Waals surface area contributed by atoms with E-state index in [2.05, 4.69) is 42.2 Å². The van der Waals surface area contributed by atoms with Crippen molar-refractivity contribution in [1.82, 2.24) is 4.90 Å². The molecule has 0 radical (unpaired) electrons. The number of carbonyl (C=O) groups excluding carboxylic acids is 1. The third kappa shape index (κ3) is 4.86. The summed E-state index contributed by atoms with van der Waals surface area (Å²) < 4.78 is 6.18. The molecule has 2 aliphatic rings. The summed E-state index contributed by atoms with van der Waals surface area (Å²) >= 11 is 0. The molecule has 0 saturated carbocycles. The number of nitrogens with zero attached hydrogens (tertiary/aromatic N) is 2. The number of anilines is 1. The van der Waals surface area contributed by atoms with E-state index in [9.17, 15) is 4.79 Å². The van der Waals surface area contributed by atoms with Crippen LogP contribution in [0.15, 0.2) is 48.5 Å². The lowest BCUT2D eigenvalue weighted by Crippen LogP contribution is -2.35. The van der Waals surface area contributed by atoms with Gasteiger partial charge in [-0.25, -0.2) is 0 Å². The van der Waals surface area contributed by atoms with Crippen molar-refractivity contribution >= 4 is 11.6 Å². The molecule has 0 aliphatic carbocycles. The zero-order valence-corrected chi connectivity index (χ0v) is 18.3. The summed E-state index contributed by atoms with van der Waals surface area (Å²) in [4.78, 5) is 16.5. The molecule has 4 heteroatoms. The highest BCUT2D eigenvalue weighted by Crippen LogP contribution is 2.40. The van der Waals surface area contributed by atoms with E-state index in [4.69, 9.17) is 4.74 Å². The molecule has 2 aliphatic heterocycles. The number of amides is 1. The topological polar surface area (TPSA) is 32.8 Å². The zero-order valence-electron chi connectivity index (χ0n) is 18.3. The van der Waals surface area contributed by atoms with Gasteiger partial charge >= 0.3 is 0 Å². The summed E-state index contributed by atoms with van der Waals surface area (Å²) in [6.45, 7) is 6.34. The molecule has 4 rings (SSSR count). The Hall–Kier alpha value is -2.33. The highest BCUT2D eigenvalue weighted by molar-refractivity contribution is 5.97. The summed E-state index contributed by atoms with van der Waals surface area (Å²) in [6.07, 6.45) is 5.39. The Morgan fingerprint density at radius 1 is 1.03 bits per heavy atom. The number of carbonyl (C=O) groups is 1. The van der Waals surface area contributed by atoms with Gasteiger partial charge in [-0.05, 0) is 68.3 Å². The largest absolute Gasteiger partial charge is 0.493 e. The predicted molar refractivity (Wildman–Crippen MR) is 122 cm³/mol. The fourth-order valence-corrected chi connectivity index (χ4v) is 4.91. The molecule has 1 unspecified atom stereocenters. The number of rotatable bonds is 7. The van der Waals surface area contributed by atoms with Crippen LogP contribution in [0.25, 0.3) is 0 Å². The average molecular weight is 407 g/mol. The molecule has 2 heterocycles. The molecule has 1 amide bonds. The van der Waals surface area contributed by atoms with Gasteiger partial charge in [0.1, 0.15) is 5.75 Å². The van der Waals surface area contributed by atoms with Crippen molar-refractivity contribution in [3.8, 4) is 5.75 Å². The van der Waals surface area contributed by atoms with Gasteiger partial charge in [0.2, 0.25) is 5.91 Å². The van der Waals surface area contributed by atoms with Gasteiger partial charge in [0, 0.05) is 25.6 Å². The molecule has 4 nitrogen and oxygen atoms in total. The van der Waals surface area contributed by atoms with Crippen molar-refractivity contribution in [2.45, 2.75) is 44.9 Å². The first kappa shape index (κ1) is 20.9. The van der Waals surface area contributed by atoms with Crippen LogP contribution in [0.5, 0.6) is 5.75 Å². The van der Waals surface area contributed by atoms with E-state index in [1.54, 1.807) is 4.90 Å². The van der Waals surface area contributed by atoms with Crippen molar-refractivity contribution in [1.29, 1.82) is 0 Å². The zero-order chi connectivity index (χ0) is 20.9. The number of benzene rings is 2. The van der Waals surface area contributed by atoms with Crippen molar-refractivity contribution in [2.75, 3.05) is 38.2 Å². The summed E-state index contributed by atoms with van der Waals surface area (Å²) in [5.41, 5.74) is 3.65. The van der Waals surface area contributed by atoms with E-state index >= 15 is 0 Å². The number of hydrogen-bond acceptors (Lipinski definition) is 3. The molecule has 1 atom stereocenters. The molecule has 1 fully saturated rings. The number of hydrogen-bond donors (Lipinski definition) is 0. The highest BCUT2D eigenvalue weighted by Gasteiger charge is 2.29. The van der Waals surface area contributed by atoms with Gasteiger partial charge < -0.3 is 14.5 Å². The summed E-state index contributed by atoms with van der Waals surface area (Å²) in [6, 6.07) is 17.0. The number of likely N-dealkylation sites (tertiary alicyclic amines) is 1. The first-order valence-corrected chi connectivity index (χ1v) is 11.4. The molecular formula is C26H34N2O2. The Bertz CT molecular complexity index is 843. The SMILES string of the molecule is CC1CC(=O)N(C)c2cccc(OCCCN3CCC(Cc4ccccc4)CC3)c21. The van der Waals surface area contributed by atoms with Gasteiger partial charge in [-0.1, -0.05) is 43.3 Å². The molecule has 2 aromatic carbocycles. The van der Waals surface area contributed by atoms with E-state index in [1.807, 2.05) is 25.2 Å². The Kier molecular flexibility index (Phi) is 6.73. The Balaban J connectivity index is 1.22. The minimum Gasteiger partial charge on any atom is -0.493 e. The van der Waals surface area contributed by atoms with Gasteiger partial charge in [-0.15, -0.1) is 0 Å². The molecule has 160 valence electrons. The predicted octanol–water partition coefficient (Wildman–Crippen LogP) is 4.88. The van der Waals surface area contributed by atoms with Crippen LogP contribution >= 0.6 is 0 Å². The van der Waals surface area contributed by atoms with Crippen LogP contribution in [0, 0.1) is 5.92 Å². The minimum absolute atomic E-state index is 0.183. The number of ether oxygens (including phenoxy) is 1. The molecule has 0 N–H and O–H groups in total. The molecule has 0 bridgehead atoms. The molecule has 30 heavy (non-hydrogen) atoms. The van der Waals surface area contributed by atoms with Crippen molar-refractivity contribution in [2.24, 2.45) is 5.92 Å². The molecule has 0 aromatic heterocycles. The molecule has 2 aromatic rings. The molecule has 1 saturated heterocycles. The van der Waals surface area contributed by atoms with E-state index in [1.165, 1.54) is 43.5 Å². The Labute approximate surface area is 180 Å². The lowest BCUT2D eigenvalue weighted by molar-refractivity contribution is -0.119. The van der Waals surface area contributed by atoms with Crippen LogP contribution < -0.4 is 9.64 Å². The van der Waals surface area contributed by atoms with Crippen LogP contribution in [0.3, 0.4) is 0 Å². The van der Waals surface area contributed by atoms with Crippen LogP contribution in [-0.4, -0.2) is 44.1 Å². The van der Waals surface area contributed by atoms with E-state index in [0.29, 0.717) is 6.42 Å². The van der Waals surface area contributed by atoms with Gasteiger partial charge in [-0.3, -0.25) is 4.79 Å². The second kappa shape index (κ2) is 9.65. The van der Waals surface area contributed by atoms with Crippen molar-refractivity contribution < 1.29 is 9.53 Å². The summed E-state index contributed by atoms with van der Waals surface area (Å²) in [7, 11) is 1.86. The van der Waals surface area contributed by atoms with Gasteiger partial charge in [-0.2, -0.15) is 0 Å². The summed E-state index contributed by atoms with van der Waals surface area (Å²) in [5, 5.41) is 0. The Morgan fingerprint density at radius 2 is 1.80 bits per heavy atom. The van der Waals surface area contributed by atoms with E-state index in [0.717, 1.165) is 36.9 Å².